The van der Waals surface area contributed by atoms with Crippen molar-refractivity contribution in [1.29, 1.82) is 10.8 Å². The van der Waals surface area contributed by atoms with Crippen LogP contribution in [-0.2, 0) is 17.7 Å². The van der Waals surface area contributed by atoms with E-state index in [4.69, 9.17) is 10.8 Å². The zero-order chi connectivity index (χ0) is 26.6. The maximum Gasteiger partial charge on any atom is 0.422 e. The number of pyridine rings is 1. The number of halogens is 4. The van der Waals surface area contributed by atoms with Crippen molar-refractivity contribution in [3.63, 3.8) is 0 Å². The molecule has 1 aliphatic heterocycles. The minimum absolute atomic E-state index is 0.0421. The molecule has 2 heterocycles. The third-order valence-corrected chi connectivity index (χ3v) is 5.35. The molecule has 3 rings (SSSR count). The molecule has 36 heavy (non-hydrogen) atoms. The maximum atomic E-state index is 14.7. The van der Waals surface area contributed by atoms with Crippen LogP contribution in [0.3, 0.4) is 0 Å². The lowest BCUT2D eigenvalue weighted by Gasteiger charge is -2.28. The van der Waals surface area contributed by atoms with E-state index in [0.29, 0.717) is 11.1 Å². The second-order valence-corrected chi connectivity index (χ2v) is 8.28. The molecule has 1 aliphatic rings. The lowest BCUT2D eigenvalue weighted by molar-refractivity contribution is -0.162. The molecular weight excluding hydrogens is 484 g/mol. The summed E-state index contributed by atoms with van der Waals surface area (Å²) in [7, 11) is 0. The molecule has 13 heteroatoms. The number of nitrogens with zero attached hydrogens (tertiary/aromatic N) is 3. The number of carbonyl (C=O) groups excluding carboxylic acids is 2. The van der Waals surface area contributed by atoms with Gasteiger partial charge in [-0.25, -0.2) is 14.2 Å². The van der Waals surface area contributed by atoms with Gasteiger partial charge >= 0.3 is 12.3 Å². The Bertz CT molecular complexity index is 1180. The summed E-state index contributed by atoms with van der Waals surface area (Å²) in [6, 6.07) is 6.75. The summed E-state index contributed by atoms with van der Waals surface area (Å²) in [6.45, 7) is 1.76. The monoisotopic (exact) mass is 508 g/mol. The van der Waals surface area contributed by atoms with Gasteiger partial charge in [0.05, 0.1) is 11.9 Å². The number of aromatic nitrogens is 1. The Morgan fingerprint density at radius 1 is 1.28 bits per heavy atom. The highest BCUT2D eigenvalue weighted by Gasteiger charge is 2.32. The third kappa shape index (κ3) is 6.34. The van der Waals surface area contributed by atoms with Crippen LogP contribution in [0.5, 0.6) is 0 Å². The number of hydrogen-bond acceptors (Lipinski definition) is 6. The van der Waals surface area contributed by atoms with Crippen LogP contribution in [0.4, 0.5) is 28.2 Å². The summed E-state index contributed by atoms with van der Waals surface area (Å²) in [5, 5.41) is 18.2. The Kier molecular flexibility index (Phi) is 7.90. The van der Waals surface area contributed by atoms with Gasteiger partial charge < -0.3 is 19.9 Å². The fourth-order valence-corrected chi connectivity index (χ4v) is 3.57. The van der Waals surface area contributed by atoms with Gasteiger partial charge in [0.1, 0.15) is 17.3 Å². The van der Waals surface area contributed by atoms with E-state index in [1.807, 2.05) is 0 Å². The van der Waals surface area contributed by atoms with Gasteiger partial charge in [-0.1, -0.05) is 6.07 Å². The van der Waals surface area contributed by atoms with Crippen LogP contribution in [0, 0.1) is 16.6 Å². The predicted octanol–water partition coefficient (Wildman–Crippen LogP) is 4.17. The number of rotatable bonds is 6. The van der Waals surface area contributed by atoms with Crippen molar-refractivity contribution in [1.82, 2.24) is 14.8 Å². The van der Waals surface area contributed by atoms with Crippen molar-refractivity contribution < 1.29 is 31.9 Å². The molecule has 9 nitrogen and oxygen atoms in total. The number of amidine groups is 1. The van der Waals surface area contributed by atoms with Crippen molar-refractivity contribution in [3.05, 3.63) is 58.5 Å². The quantitative estimate of drug-likeness (QED) is 0.307. The van der Waals surface area contributed by atoms with E-state index in [1.54, 1.807) is 19.9 Å². The summed E-state index contributed by atoms with van der Waals surface area (Å²) in [4.78, 5) is 31.4. The number of alkyl halides is 3. The highest BCUT2D eigenvalue weighted by Crippen LogP contribution is 2.25. The number of benzene rings is 1. The highest BCUT2D eigenvalue weighted by molar-refractivity contribution is 6.05. The Labute approximate surface area is 204 Å². The molecule has 0 unspecified atom stereocenters. The summed E-state index contributed by atoms with van der Waals surface area (Å²) >= 11 is 0. The molecule has 3 N–H and O–H groups in total. The SMILES string of the molecule is CC(C)N(C=N)C(=N)c1cccc(NC(=O)c2cc3c(cc2F)CCN(C(=O)OCC(F)(F)F)C3)n1. The Morgan fingerprint density at radius 3 is 2.64 bits per heavy atom. The van der Waals surface area contributed by atoms with Gasteiger partial charge in [-0.3, -0.25) is 15.6 Å². The molecule has 2 amide bonds. The Hall–Kier alpha value is -4.03. The zero-order valence-corrected chi connectivity index (χ0v) is 19.4. The smallest absolute Gasteiger partial charge is 0.422 e. The topological polar surface area (TPSA) is 122 Å². The lowest BCUT2D eigenvalue weighted by atomic mass is 9.97. The zero-order valence-electron chi connectivity index (χ0n) is 19.4. The van der Waals surface area contributed by atoms with E-state index in [0.717, 1.165) is 17.3 Å². The van der Waals surface area contributed by atoms with Gasteiger partial charge in [0.2, 0.25) is 0 Å². The molecule has 0 radical (unpaired) electrons. The van der Waals surface area contributed by atoms with Gasteiger partial charge in [-0.2, -0.15) is 13.2 Å². The van der Waals surface area contributed by atoms with Crippen LogP contribution in [0.2, 0.25) is 0 Å². The minimum Gasteiger partial charge on any atom is -0.440 e. The first kappa shape index (κ1) is 26.6. The molecule has 0 atom stereocenters. The van der Waals surface area contributed by atoms with E-state index >= 15 is 0 Å². The van der Waals surface area contributed by atoms with E-state index in [2.05, 4.69) is 15.0 Å². The first-order valence-corrected chi connectivity index (χ1v) is 10.9. The molecule has 1 aromatic heterocycles. The number of ether oxygens (including phenoxy) is 1. The number of anilines is 1. The van der Waals surface area contributed by atoms with E-state index in [1.165, 1.54) is 23.1 Å². The van der Waals surface area contributed by atoms with E-state index in [-0.39, 0.29) is 48.5 Å². The van der Waals surface area contributed by atoms with Gasteiger partial charge in [0, 0.05) is 19.1 Å². The van der Waals surface area contributed by atoms with Gasteiger partial charge in [-0.05, 0) is 55.7 Å². The van der Waals surface area contributed by atoms with Crippen molar-refractivity contribution >= 4 is 30.0 Å². The van der Waals surface area contributed by atoms with Crippen molar-refractivity contribution in [2.24, 2.45) is 0 Å². The third-order valence-electron chi connectivity index (χ3n) is 5.35. The van der Waals surface area contributed by atoms with Gasteiger partial charge in [-0.15, -0.1) is 0 Å². The molecule has 0 aliphatic carbocycles. The average molecular weight is 508 g/mol. The van der Waals surface area contributed by atoms with Crippen LogP contribution in [0.25, 0.3) is 0 Å². The number of fused-ring (bicyclic) bond motifs is 1. The Morgan fingerprint density at radius 2 is 2.00 bits per heavy atom. The molecule has 0 spiro atoms. The molecule has 0 bridgehead atoms. The number of carbonyl (C=O) groups is 2. The molecule has 0 saturated carbocycles. The number of hydrogen-bond donors (Lipinski definition) is 3. The maximum absolute atomic E-state index is 14.7. The fraction of sp³-hybridized carbons (Fsp3) is 0.348. The Balaban J connectivity index is 1.76. The molecule has 0 fully saturated rings. The second kappa shape index (κ2) is 10.7. The molecule has 1 aromatic carbocycles. The van der Waals surface area contributed by atoms with Crippen molar-refractivity contribution in [2.75, 3.05) is 18.5 Å². The van der Waals surface area contributed by atoms with E-state index < -0.39 is 30.6 Å². The predicted molar refractivity (Wildman–Crippen MR) is 123 cm³/mol. The second-order valence-electron chi connectivity index (χ2n) is 8.28. The van der Waals surface area contributed by atoms with Gasteiger partial charge in [0.25, 0.3) is 5.91 Å². The van der Waals surface area contributed by atoms with Gasteiger partial charge in [0.15, 0.2) is 12.4 Å². The van der Waals surface area contributed by atoms with Crippen LogP contribution < -0.4 is 5.32 Å². The average Bonchev–Trinajstić information content (AvgIpc) is 2.81. The summed E-state index contributed by atoms with van der Waals surface area (Å²) in [5.41, 5.74) is 0.769. The first-order valence-electron chi connectivity index (χ1n) is 10.9. The van der Waals surface area contributed by atoms with Crippen LogP contribution in [0.1, 0.15) is 41.0 Å². The number of amides is 2. The van der Waals surface area contributed by atoms with Crippen molar-refractivity contribution in [3.8, 4) is 0 Å². The van der Waals surface area contributed by atoms with Crippen LogP contribution >= 0.6 is 0 Å². The normalized spacial score (nSPS) is 13.1. The van der Waals surface area contributed by atoms with Crippen LogP contribution in [0.15, 0.2) is 30.3 Å². The summed E-state index contributed by atoms with van der Waals surface area (Å²) in [5.74, 6) is -1.66. The molecule has 192 valence electrons. The standard InChI is InChI=1S/C23H24F4N6O3/c1-13(2)33(12-28)20(29)18-4-3-5-19(30-18)31-21(34)16-8-15-10-32(7-6-14(15)9-17(16)24)22(35)36-11-23(25,26)27/h3-5,8-9,12-13,28-29H,6-7,10-11H2,1-2H3,(H,30,31,34). The molecule has 2 aromatic rings. The van der Waals surface area contributed by atoms with Crippen molar-refractivity contribution in [2.45, 2.75) is 39.0 Å². The summed E-state index contributed by atoms with van der Waals surface area (Å²) in [6.07, 6.45) is -4.64. The number of nitrogens with one attached hydrogen (secondary N) is 3. The fourth-order valence-electron chi connectivity index (χ4n) is 3.57. The minimum atomic E-state index is -4.66. The van der Waals surface area contributed by atoms with Crippen LogP contribution in [-0.4, -0.2) is 64.3 Å². The lowest BCUT2D eigenvalue weighted by Crippen LogP contribution is -2.38. The highest BCUT2D eigenvalue weighted by atomic mass is 19.4. The largest absolute Gasteiger partial charge is 0.440 e. The molecule has 0 saturated heterocycles. The first-order chi connectivity index (χ1) is 16.9. The molecular formula is C23H24F4N6O3. The summed E-state index contributed by atoms with van der Waals surface area (Å²) < 4.78 is 56.0. The van der Waals surface area contributed by atoms with E-state index in [9.17, 15) is 27.2 Å².